The van der Waals surface area contributed by atoms with Crippen LogP contribution in [0, 0.1) is 5.92 Å². The van der Waals surface area contributed by atoms with E-state index >= 15 is 0 Å². The summed E-state index contributed by atoms with van der Waals surface area (Å²) < 4.78 is 6.03. The van der Waals surface area contributed by atoms with Crippen molar-refractivity contribution in [3.8, 4) is 5.75 Å². The van der Waals surface area contributed by atoms with Crippen molar-refractivity contribution in [2.24, 2.45) is 5.92 Å². The van der Waals surface area contributed by atoms with Crippen LogP contribution in [0.1, 0.15) is 48.0 Å². The van der Waals surface area contributed by atoms with E-state index in [2.05, 4.69) is 10.6 Å². The number of carbonyl (C=O) groups is 3. The van der Waals surface area contributed by atoms with E-state index in [0.717, 1.165) is 30.8 Å². The fraction of sp³-hybridized carbons (Fsp3) is 0.550. The molecule has 1 unspecified atom stereocenters. The van der Waals surface area contributed by atoms with Crippen LogP contribution in [0.4, 0.5) is 0 Å². The van der Waals surface area contributed by atoms with E-state index in [4.69, 9.17) is 4.74 Å². The largest absolute Gasteiger partial charge is 0.493 e. The van der Waals surface area contributed by atoms with Gasteiger partial charge in [0.1, 0.15) is 11.8 Å². The molecule has 1 aromatic rings. The standard InChI is InChI=1S/C20H25N3O4/c24-18-5-4-16(19(25)22-18)23-12-15-14(20(23)26)2-1-3-17(15)27-11-8-13-6-9-21-10-7-13/h1-3,13,16,21H,4-12H2,(H,22,24,25). The van der Waals surface area contributed by atoms with E-state index in [1.165, 1.54) is 12.8 Å². The number of carbonyl (C=O) groups excluding carboxylic acids is 3. The molecule has 27 heavy (non-hydrogen) atoms. The number of fused-ring (bicyclic) bond motifs is 1. The fourth-order valence-electron chi connectivity index (χ4n) is 4.20. The van der Waals surface area contributed by atoms with E-state index in [0.29, 0.717) is 31.1 Å². The van der Waals surface area contributed by atoms with Gasteiger partial charge in [0, 0.05) is 17.5 Å². The summed E-state index contributed by atoms with van der Waals surface area (Å²) in [7, 11) is 0. The summed E-state index contributed by atoms with van der Waals surface area (Å²) >= 11 is 0. The van der Waals surface area contributed by atoms with Crippen LogP contribution in [-0.2, 0) is 16.1 Å². The average Bonchev–Trinajstić information content (AvgIpc) is 3.00. The van der Waals surface area contributed by atoms with E-state index in [1.54, 1.807) is 11.0 Å². The van der Waals surface area contributed by atoms with Crippen molar-refractivity contribution in [3.05, 3.63) is 29.3 Å². The van der Waals surface area contributed by atoms with Gasteiger partial charge >= 0.3 is 0 Å². The Bertz CT molecular complexity index is 758. The summed E-state index contributed by atoms with van der Waals surface area (Å²) in [5, 5.41) is 5.70. The smallest absolute Gasteiger partial charge is 0.255 e. The molecule has 144 valence electrons. The first kappa shape index (κ1) is 18.0. The topological polar surface area (TPSA) is 87.7 Å². The van der Waals surface area contributed by atoms with Crippen molar-refractivity contribution in [3.63, 3.8) is 0 Å². The minimum absolute atomic E-state index is 0.164. The van der Waals surface area contributed by atoms with Crippen LogP contribution in [0.15, 0.2) is 18.2 Å². The normalized spacial score (nSPS) is 23.3. The molecule has 0 radical (unpaired) electrons. The minimum Gasteiger partial charge on any atom is -0.493 e. The number of benzene rings is 1. The van der Waals surface area contributed by atoms with Crippen LogP contribution in [0.3, 0.4) is 0 Å². The van der Waals surface area contributed by atoms with Gasteiger partial charge < -0.3 is 15.0 Å². The molecular formula is C20H25N3O4. The summed E-state index contributed by atoms with van der Waals surface area (Å²) in [4.78, 5) is 37.9. The zero-order valence-corrected chi connectivity index (χ0v) is 15.3. The van der Waals surface area contributed by atoms with Crippen LogP contribution in [-0.4, -0.2) is 48.4 Å². The molecule has 1 atom stereocenters. The Morgan fingerprint density at radius 3 is 2.70 bits per heavy atom. The highest BCUT2D eigenvalue weighted by Crippen LogP contribution is 2.33. The van der Waals surface area contributed by atoms with Gasteiger partial charge in [-0.3, -0.25) is 19.7 Å². The van der Waals surface area contributed by atoms with Crippen LogP contribution >= 0.6 is 0 Å². The Morgan fingerprint density at radius 1 is 1.11 bits per heavy atom. The van der Waals surface area contributed by atoms with Gasteiger partial charge in [-0.2, -0.15) is 0 Å². The Hall–Kier alpha value is -2.41. The van der Waals surface area contributed by atoms with Gasteiger partial charge in [0.2, 0.25) is 11.8 Å². The Labute approximate surface area is 158 Å². The molecule has 0 aliphatic carbocycles. The van der Waals surface area contributed by atoms with E-state index in [1.807, 2.05) is 12.1 Å². The van der Waals surface area contributed by atoms with Crippen LogP contribution in [0.25, 0.3) is 0 Å². The number of imide groups is 1. The van der Waals surface area contributed by atoms with E-state index in [9.17, 15) is 14.4 Å². The van der Waals surface area contributed by atoms with E-state index < -0.39 is 6.04 Å². The predicted molar refractivity (Wildman–Crippen MR) is 98.2 cm³/mol. The minimum atomic E-state index is -0.592. The molecule has 7 heteroatoms. The molecule has 1 aromatic carbocycles. The first-order chi connectivity index (χ1) is 13.1. The second kappa shape index (κ2) is 7.68. The summed E-state index contributed by atoms with van der Waals surface area (Å²) in [6, 6.07) is 4.90. The summed E-state index contributed by atoms with van der Waals surface area (Å²) in [5.41, 5.74) is 1.44. The van der Waals surface area contributed by atoms with Gasteiger partial charge in [0.25, 0.3) is 5.91 Å². The summed E-state index contributed by atoms with van der Waals surface area (Å²) in [6.45, 7) is 3.12. The molecule has 7 nitrogen and oxygen atoms in total. The highest BCUT2D eigenvalue weighted by Gasteiger charge is 2.40. The third-order valence-electron chi connectivity index (χ3n) is 5.78. The third kappa shape index (κ3) is 3.69. The van der Waals surface area contributed by atoms with Crippen molar-refractivity contribution in [1.29, 1.82) is 0 Å². The average molecular weight is 371 g/mol. The molecule has 0 saturated carbocycles. The van der Waals surface area contributed by atoms with Crippen molar-refractivity contribution in [1.82, 2.24) is 15.5 Å². The fourth-order valence-corrected chi connectivity index (χ4v) is 4.20. The number of piperidine rings is 2. The molecule has 0 aromatic heterocycles. The van der Waals surface area contributed by atoms with Gasteiger partial charge in [-0.05, 0) is 56.8 Å². The molecule has 0 bridgehead atoms. The molecule has 2 saturated heterocycles. The van der Waals surface area contributed by atoms with Gasteiger partial charge in [-0.25, -0.2) is 0 Å². The monoisotopic (exact) mass is 371 g/mol. The molecule has 3 amide bonds. The Kier molecular flexibility index (Phi) is 5.11. The number of nitrogens with one attached hydrogen (secondary N) is 2. The SMILES string of the molecule is O=C1CCC(N2Cc3c(OCCC4CCNCC4)cccc3C2=O)C(=O)N1. The second-order valence-corrected chi connectivity index (χ2v) is 7.51. The second-order valence-electron chi connectivity index (χ2n) is 7.51. The lowest BCUT2D eigenvalue weighted by Gasteiger charge is -2.29. The predicted octanol–water partition coefficient (Wildman–Crippen LogP) is 1.22. The number of hydrogen-bond acceptors (Lipinski definition) is 5. The van der Waals surface area contributed by atoms with Crippen molar-refractivity contribution >= 4 is 17.7 Å². The molecular weight excluding hydrogens is 346 g/mol. The maximum atomic E-state index is 12.8. The number of rotatable bonds is 5. The summed E-state index contributed by atoms with van der Waals surface area (Å²) in [5.74, 6) is 0.584. The third-order valence-corrected chi connectivity index (χ3v) is 5.78. The van der Waals surface area contributed by atoms with Crippen LogP contribution in [0.5, 0.6) is 5.75 Å². The van der Waals surface area contributed by atoms with Gasteiger partial charge in [-0.15, -0.1) is 0 Å². The zero-order valence-electron chi connectivity index (χ0n) is 15.3. The van der Waals surface area contributed by atoms with Crippen LogP contribution < -0.4 is 15.4 Å². The number of nitrogens with zero attached hydrogens (tertiary/aromatic N) is 1. The molecule has 3 aliphatic rings. The zero-order chi connectivity index (χ0) is 18.8. The first-order valence-electron chi connectivity index (χ1n) is 9.73. The van der Waals surface area contributed by atoms with Crippen molar-refractivity contribution in [2.75, 3.05) is 19.7 Å². The quantitative estimate of drug-likeness (QED) is 0.760. The lowest BCUT2D eigenvalue weighted by molar-refractivity contribution is -0.136. The number of ether oxygens (including phenoxy) is 1. The molecule has 4 rings (SSSR count). The highest BCUT2D eigenvalue weighted by molar-refractivity contribution is 6.05. The highest BCUT2D eigenvalue weighted by atomic mass is 16.5. The molecule has 2 fully saturated rings. The van der Waals surface area contributed by atoms with Gasteiger partial charge in [-0.1, -0.05) is 6.07 Å². The van der Waals surface area contributed by atoms with E-state index in [-0.39, 0.29) is 24.1 Å². The lowest BCUT2D eigenvalue weighted by atomic mass is 9.95. The maximum Gasteiger partial charge on any atom is 0.255 e. The molecule has 0 spiro atoms. The van der Waals surface area contributed by atoms with Gasteiger partial charge in [0.05, 0.1) is 13.2 Å². The first-order valence-corrected chi connectivity index (χ1v) is 9.73. The number of hydrogen-bond donors (Lipinski definition) is 2. The Balaban J connectivity index is 1.42. The maximum absolute atomic E-state index is 12.8. The molecule has 3 heterocycles. The van der Waals surface area contributed by atoms with Crippen molar-refractivity contribution in [2.45, 2.75) is 44.7 Å². The molecule has 2 N–H and O–H groups in total. The Morgan fingerprint density at radius 2 is 1.93 bits per heavy atom. The summed E-state index contributed by atoms with van der Waals surface area (Å²) in [6.07, 6.45) is 4.00. The van der Waals surface area contributed by atoms with Crippen LogP contribution in [0.2, 0.25) is 0 Å². The van der Waals surface area contributed by atoms with Gasteiger partial charge in [0.15, 0.2) is 0 Å². The van der Waals surface area contributed by atoms with Crippen molar-refractivity contribution < 1.29 is 19.1 Å². The lowest BCUT2D eigenvalue weighted by Crippen LogP contribution is -2.52. The molecule has 3 aliphatic heterocycles. The number of amides is 3.